The van der Waals surface area contributed by atoms with Crippen LogP contribution in [0.25, 0.3) is 5.65 Å². The van der Waals surface area contributed by atoms with Crippen molar-refractivity contribution < 1.29 is 13.9 Å². The molecule has 0 aliphatic heterocycles. The van der Waals surface area contributed by atoms with Crippen LogP contribution < -0.4 is 15.6 Å². The van der Waals surface area contributed by atoms with E-state index in [-0.39, 0.29) is 23.6 Å². The van der Waals surface area contributed by atoms with Crippen molar-refractivity contribution in [2.45, 2.75) is 13.5 Å². The van der Waals surface area contributed by atoms with Crippen molar-refractivity contribution in [3.8, 4) is 5.75 Å². The summed E-state index contributed by atoms with van der Waals surface area (Å²) in [7, 11) is 0. The SMILES string of the molecule is Cc1cc(COc2ccccc2)oc1C(=O)Nc1cnc2ccccn2c1=O. The Balaban J connectivity index is 1.52. The molecule has 0 saturated heterocycles. The molecule has 3 heterocycles. The third kappa shape index (κ3) is 3.50. The predicted octanol–water partition coefficient (Wildman–Crippen LogP) is 3.43. The largest absolute Gasteiger partial charge is 0.486 e. The number of aromatic nitrogens is 2. The van der Waals surface area contributed by atoms with Gasteiger partial charge in [-0.3, -0.25) is 14.0 Å². The van der Waals surface area contributed by atoms with Crippen LogP contribution in [0.3, 0.4) is 0 Å². The number of ether oxygens (including phenoxy) is 1. The number of aryl methyl sites for hydroxylation is 1. The zero-order valence-electron chi connectivity index (χ0n) is 15.1. The first-order chi connectivity index (χ1) is 13.6. The van der Waals surface area contributed by atoms with E-state index in [4.69, 9.17) is 9.15 Å². The van der Waals surface area contributed by atoms with Gasteiger partial charge in [0.2, 0.25) is 0 Å². The number of carbonyl (C=O) groups is 1. The van der Waals surface area contributed by atoms with Crippen LogP contribution in [-0.4, -0.2) is 15.3 Å². The number of nitrogens with one attached hydrogen (secondary N) is 1. The van der Waals surface area contributed by atoms with Crippen LogP contribution in [0.15, 0.2) is 76.2 Å². The molecule has 1 aromatic carbocycles. The smallest absolute Gasteiger partial charge is 0.291 e. The summed E-state index contributed by atoms with van der Waals surface area (Å²) < 4.78 is 12.6. The maximum absolute atomic E-state index is 12.6. The number of anilines is 1. The Kier molecular flexibility index (Phi) is 4.63. The summed E-state index contributed by atoms with van der Waals surface area (Å²) in [6, 6.07) is 16.3. The minimum atomic E-state index is -0.516. The molecule has 1 amide bonds. The van der Waals surface area contributed by atoms with Gasteiger partial charge in [0.25, 0.3) is 11.5 Å². The maximum atomic E-state index is 12.6. The molecule has 0 radical (unpaired) electrons. The molecular formula is C21H17N3O4. The van der Waals surface area contributed by atoms with Crippen LogP contribution in [-0.2, 0) is 6.61 Å². The number of amides is 1. The molecule has 4 rings (SSSR count). The summed E-state index contributed by atoms with van der Waals surface area (Å²) in [6.45, 7) is 1.95. The molecule has 7 heteroatoms. The number of carbonyl (C=O) groups excluding carboxylic acids is 1. The zero-order valence-corrected chi connectivity index (χ0v) is 15.1. The first kappa shape index (κ1) is 17.5. The second-order valence-electron chi connectivity index (χ2n) is 6.19. The lowest BCUT2D eigenvalue weighted by Crippen LogP contribution is -2.23. The minimum absolute atomic E-state index is 0.0755. The quantitative estimate of drug-likeness (QED) is 0.578. The number of furan rings is 1. The monoisotopic (exact) mass is 375 g/mol. The molecule has 0 aliphatic carbocycles. The lowest BCUT2D eigenvalue weighted by Gasteiger charge is -2.05. The Bertz CT molecular complexity index is 1200. The summed E-state index contributed by atoms with van der Waals surface area (Å²) in [5.41, 5.74) is 0.861. The second-order valence-corrected chi connectivity index (χ2v) is 6.19. The molecule has 0 spiro atoms. The van der Waals surface area contributed by atoms with E-state index in [1.807, 2.05) is 30.3 Å². The fraction of sp³-hybridized carbons (Fsp3) is 0.0952. The number of rotatable bonds is 5. The number of benzene rings is 1. The van der Waals surface area contributed by atoms with Crippen molar-refractivity contribution in [3.05, 3.63) is 94.4 Å². The fourth-order valence-corrected chi connectivity index (χ4v) is 2.81. The molecule has 7 nitrogen and oxygen atoms in total. The molecule has 0 bridgehead atoms. The van der Waals surface area contributed by atoms with E-state index in [0.717, 1.165) is 0 Å². The molecule has 0 aliphatic rings. The molecule has 4 aromatic rings. The van der Waals surface area contributed by atoms with Gasteiger partial charge in [-0.05, 0) is 37.3 Å². The Hall–Kier alpha value is -3.87. The van der Waals surface area contributed by atoms with Crippen LogP contribution in [0, 0.1) is 6.92 Å². The average Bonchev–Trinajstić information content (AvgIpc) is 3.10. The van der Waals surface area contributed by atoms with Crippen molar-refractivity contribution in [1.82, 2.24) is 9.38 Å². The lowest BCUT2D eigenvalue weighted by molar-refractivity contribution is 0.0991. The lowest BCUT2D eigenvalue weighted by atomic mass is 10.2. The van der Waals surface area contributed by atoms with Crippen LogP contribution in [0.2, 0.25) is 0 Å². The first-order valence-electron chi connectivity index (χ1n) is 8.67. The van der Waals surface area contributed by atoms with Crippen molar-refractivity contribution >= 4 is 17.2 Å². The molecule has 0 atom stereocenters. The molecule has 0 fully saturated rings. The molecule has 1 N–H and O–H groups in total. The molecule has 0 saturated carbocycles. The summed E-state index contributed by atoms with van der Waals surface area (Å²) in [5, 5.41) is 2.58. The van der Waals surface area contributed by atoms with E-state index >= 15 is 0 Å². The fourth-order valence-electron chi connectivity index (χ4n) is 2.81. The highest BCUT2D eigenvalue weighted by molar-refractivity contribution is 6.03. The molecular weight excluding hydrogens is 358 g/mol. The van der Waals surface area contributed by atoms with Crippen LogP contribution in [0.4, 0.5) is 5.69 Å². The third-order valence-electron chi connectivity index (χ3n) is 4.16. The van der Waals surface area contributed by atoms with Crippen molar-refractivity contribution in [3.63, 3.8) is 0 Å². The Labute approximate surface area is 160 Å². The van der Waals surface area contributed by atoms with Crippen molar-refractivity contribution in [1.29, 1.82) is 0 Å². The van der Waals surface area contributed by atoms with Crippen LogP contribution in [0.1, 0.15) is 21.9 Å². The normalized spacial score (nSPS) is 10.8. The van der Waals surface area contributed by atoms with E-state index in [1.54, 1.807) is 37.4 Å². The molecule has 28 heavy (non-hydrogen) atoms. The number of hydrogen-bond acceptors (Lipinski definition) is 5. The van der Waals surface area contributed by atoms with Gasteiger partial charge < -0.3 is 14.5 Å². The highest BCUT2D eigenvalue weighted by atomic mass is 16.5. The molecule has 140 valence electrons. The van der Waals surface area contributed by atoms with Crippen LogP contribution >= 0.6 is 0 Å². The van der Waals surface area contributed by atoms with Crippen LogP contribution in [0.5, 0.6) is 5.75 Å². The van der Waals surface area contributed by atoms with E-state index in [0.29, 0.717) is 22.7 Å². The Morgan fingerprint density at radius 2 is 1.96 bits per heavy atom. The van der Waals surface area contributed by atoms with Gasteiger partial charge in [-0.15, -0.1) is 0 Å². The number of para-hydroxylation sites is 1. The van der Waals surface area contributed by atoms with Gasteiger partial charge in [0, 0.05) is 11.8 Å². The molecule has 3 aromatic heterocycles. The van der Waals surface area contributed by atoms with Gasteiger partial charge >= 0.3 is 0 Å². The highest BCUT2D eigenvalue weighted by Crippen LogP contribution is 2.18. The number of nitrogens with zero attached hydrogens (tertiary/aromatic N) is 2. The van der Waals surface area contributed by atoms with E-state index in [9.17, 15) is 9.59 Å². The van der Waals surface area contributed by atoms with Gasteiger partial charge in [0.15, 0.2) is 5.76 Å². The van der Waals surface area contributed by atoms with Crippen molar-refractivity contribution in [2.24, 2.45) is 0 Å². The summed E-state index contributed by atoms with van der Waals surface area (Å²) in [5.74, 6) is 0.833. The topological polar surface area (TPSA) is 85.8 Å². The first-order valence-corrected chi connectivity index (χ1v) is 8.67. The van der Waals surface area contributed by atoms with Crippen molar-refractivity contribution in [2.75, 3.05) is 5.32 Å². The highest BCUT2D eigenvalue weighted by Gasteiger charge is 2.18. The number of pyridine rings is 1. The van der Waals surface area contributed by atoms with Gasteiger partial charge in [-0.1, -0.05) is 24.3 Å². The zero-order chi connectivity index (χ0) is 19.5. The Morgan fingerprint density at radius 1 is 1.18 bits per heavy atom. The average molecular weight is 375 g/mol. The maximum Gasteiger partial charge on any atom is 0.291 e. The van der Waals surface area contributed by atoms with Gasteiger partial charge in [0.1, 0.15) is 29.5 Å². The van der Waals surface area contributed by atoms with E-state index < -0.39 is 5.91 Å². The van der Waals surface area contributed by atoms with E-state index in [2.05, 4.69) is 10.3 Å². The minimum Gasteiger partial charge on any atom is -0.486 e. The standard InChI is InChI=1S/C21H17N3O4/c1-14-11-16(13-27-15-7-3-2-4-8-15)28-19(14)20(25)23-17-12-22-18-9-5-6-10-24(18)21(17)26/h2-12H,13H2,1H3,(H,23,25). The summed E-state index contributed by atoms with van der Waals surface area (Å²) in [4.78, 5) is 29.3. The molecule has 0 unspecified atom stereocenters. The van der Waals surface area contributed by atoms with Gasteiger partial charge in [-0.25, -0.2) is 4.98 Å². The summed E-state index contributed by atoms with van der Waals surface area (Å²) in [6.07, 6.45) is 2.94. The predicted molar refractivity (Wildman–Crippen MR) is 104 cm³/mol. The number of fused-ring (bicyclic) bond motifs is 1. The van der Waals surface area contributed by atoms with E-state index in [1.165, 1.54) is 10.6 Å². The van der Waals surface area contributed by atoms with Gasteiger partial charge in [-0.2, -0.15) is 0 Å². The summed E-state index contributed by atoms with van der Waals surface area (Å²) >= 11 is 0. The Morgan fingerprint density at radius 3 is 2.79 bits per heavy atom. The second kappa shape index (κ2) is 7.40. The van der Waals surface area contributed by atoms with Gasteiger partial charge in [0.05, 0.1) is 6.20 Å². The number of hydrogen-bond donors (Lipinski definition) is 1. The third-order valence-corrected chi connectivity index (χ3v) is 4.16.